The van der Waals surface area contributed by atoms with E-state index in [-0.39, 0.29) is 11.4 Å². The molecule has 0 saturated carbocycles. The minimum atomic E-state index is -0.484. The molecule has 0 radical (unpaired) electrons. The summed E-state index contributed by atoms with van der Waals surface area (Å²) in [5, 5.41) is 31.4. The van der Waals surface area contributed by atoms with Crippen molar-refractivity contribution in [2.45, 2.75) is 6.54 Å². The molecule has 0 atom stereocenters. The zero-order valence-corrected chi connectivity index (χ0v) is 18.5. The van der Waals surface area contributed by atoms with Crippen molar-refractivity contribution in [3.8, 4) is 34.3 Å². The number of nitrogens with one attached hydrogen (secondary N) is 1. The molecule has 0 unspecified atom stereocenters. The van der Waals surface area contributed by atoms with E-state index in [1.165, 1.54) is 17.9 Å². The van der Waals surface area contributed by atoms with E-state index >= 15 is 0 Å². The number of rotatable bonds is 8. The summed E-state index contributed by atoms with van der Waals surface area (Å²) in [4.78, 5) is 11.0. The molecule has 0 fully saturated rings. The highest BCUT2D eigenvalue weighted by molar-refractivity contribution is 5.73. The number of aromatic nitrogens is 5. The second-order valence-corrected chi connectivity index (χ2v) is 7.44. The molecule has 174 valence electrons. The highest BCUT2D eigenvalue weighted by atomic mass is 16.6. The Labute approximate surface area is 199 Å². The highest BCUT2D eigenvalue weighted by Gasteiger charge is 2.19. The zero-order chi connectivity index (χ0) is 24.2. The van der Waals surface area contributed by atoms with Gasteiger partial charge in [0, 0.05) is 11.3 Å². The summed E-state index contributed by atoms with van der Waals surface area (Å²) in [6, 6.07) is 21.6. The van der Waals surface area contributed by atoms with E-state index < -0.39 is 4.92 Å². The number of hydrogen-bond acceptors (Lipinski definition) is 9. The topological polar surface area (TPSA) is 134 Å². The van der Waals surface area contributed by atoms with Crippen molar-refractivity contribution in [3.05, 3.63) is 94.8 Å². The SMILES string of the molecule is COc1ccc(-n2cc(CNc3ccccc3-c3nnc(-c4ccccc4)o3)nn2)c([N+](=O)[O-])c1. The minimum Gasteiger partial charge on any atom is -0.496 e. The number of nitro benzene ring substituents is 1. The molecule has 0 amide bonds. The van der Waals surface area contributed by atoms with E-state index in [9.17, 15) is 10.1 Å². The number of benzene rings is 3. The van der Waals surface area contributed by atoms with Gasteiger partial charge in [-0.15, -0.1) is 15.3 Å². The molecule has 0 bridgehead atoms. The van der Waals surface area contributed by atoms with E-state index in [4.69, 9.17) is 9.15 Å². The predicted octanol–water partition coefficient (Wildman–Crippen LogP) is 4.51. The molecule has 2 aromatic heterocycles. The summed E-state index contributed by atoms with van der Waals surface area (Å²) >= 11 is 0. The number of hydrogen-bond donors (Lipinski definition) is 1. The van der Waals surface area contributed by atoms with Crippen LogP contribution in [0.2, 0.25) is 0 Å². The number of nitrogens with zero attached hydrogens (tertiary/aromatic N) is 6. The average molecular weight is 469 g/mol. The van der Waals surface area contributed by atoms with Crippen LogP contribution in [0.5, 0.6) is 5.75 Å². The van der Waals surface area contributed by atoms with Crippen LogP contribution in [0.3, 0.4) is 0 Å². The summed E-state index contributed by atoms with van der Waals surface area (Å²) in [7, 11) is 1.45. The Balaban J connectivity index is 1.36. The molecule has 5 aromatic rings. The maximum absolute atomic E-state index is 11.5. The van der Waals surface area contributed by atoms with Gasteiger partial charge >= 0.3 is 0 Å². The van der Waals surface area contributed by atoms with Gasteiger partial charge in [-0.2, -0.15) is 0 Å². The molecule has 5 rings (SSSR count). The Morgan fingerprint density at radius 3 is 2.57 bits per heavy atom. The second kappa shape index (κ2) is 9.43. The summed E-state index contributed by atoms with van der Waals surface area (Å²) in [6.07, 6.45) is 1.63. The van der Waals surface area contributed by atoms with E-state index in [2.05, 4.69) is 25.8 Å². The van der Waals surface area contributed by atoms with Gasteiger partial charge in [0.1, 0.15) is 17.1 Å². The van der Waals surface area contributed by atoms with Crippen molar-refractivity contribution >= 4 is 11.4 Å². The van der Waals surface area contributed by atoms with Gasteiger partial charge in [-0.1, -0.05) is 35.5 Å². The van der Waals surface area contributed by atoms with E-state index in [0.717, 1.165) is 16.8 Å². The van der Waals surface area contributed by atoms with Crippen LogP contribution in [0, 0.1) is 10.1 Å². The van der Waals surface area contributed by atoms with Gasteiger partial charge in [-0.3, -0.25) is 10.1 Å². The molecular formula is C24H19N7O4. The van der Waals surface area contributed by atoms with Crippen LogP contribution in [0.1, 0.15) is 5.69 Å². The maximum Gasteiger partial charge on any atom is 0.298 e. The largest absolute Gasteiger partial charge is 0.496 e. The molecular weight excluding hydrogens is 450 g/mol. The third kappa shape index (κ3) is 4.55. The lowest BCUT2D eigenvalue weighted by Gasteiger charge is -2.08. The van der Waals surface area contributed by atoms with Gasteiger partial charge in [-0.05, 0) is 36.4 Å². The molecule has 11 heteroatoms. The first-order chi connectivity index (χ1) is 17.1. The molecule has 2 heterocycles. The van der Waals surface area contributed by atoms with Crippen LogP contribution >= 0.6 is 0 Å². The molecule has 0 spiro atoms. The lowest BCUT2D eigenvalue weighted by atomic mass is 10.1. The predicted molar refractivity (Wildman–Crippen MR) is 127 cm³/mol. The van der Waals surface area contributed by atoms with Crippen molar-refractivity contribution in [3.63, 3.8) is 0 Å². The van der Waals surface area contributed by atoms with Gasteiger partial charge in [0.15, 0.2) is 0 Å². The normalized spacial score (nSPS) is 10.8. The first-order valence-electron chi connectivity index (χ1n) is 10.6. The van der Waals surface area contributed by atoms with Crippen LogP contribution in [0.15, 0.2) is 83.4 Å². The van der Waals surface area contributed by atoms with Gasteiger partial charge in [0.2, 0.25) is 11.8 Å². The van der Waals surface area contributed by atoms with E-state index in [1.807, 2.05) is 54.6 Å². The standard InChI is InChI=1S/C24H19N7O4/c1-34-18-11-12-21(22(13-18)31(32)33)30-15-17(26-29-30)14-25-20-10-6-5-9-19(20)24-28-27-23(35-24)16-7-3-2-4-8-16/h2-13,15,25H,14H2,1H3. The zero-order valence-electron chi connectivity index (χ0n) is 18.5. The van der Waals surface area contributed by atoms with Crippen LogP contribution in [0.25, 0.3) is 28.6 Å². The molecule has 0 aliphatic heterocycles. The maximum atomic E-state index is 11.5. The van der Waals surface area contributed by atoms with Crippen LogP contribution < -0.4 is 10.1 Å². The van der Waals surface area contributed by atoms with Gasteiger partial charge < -0.3 is 14.5 Å². The third-order valence-electron chi connectivity index (χ3n) is 5.23. The summed E-state index contributed by atoms with van der Waals surface area (Å²) in [6.45, 7) is 0.320. The number of ether oxygens (including phenoxy) is 1. The lowest BCUT2D eigenvalue weighted by molar-refractivity contribution is -0.384. The third-order valence-corrected chi connectivity index (χ3v) is 5.23. The van der Waals surface area contributed by atoms with Crippen molar-refractivity contribution in [1.82, 2.24) is 25.2 Å². The first-order valence-corrected chi connectivity index (χ1v) is 10.6. The summed E-state index contributed by atoms with van der Waals surface area (Å²) < 4.78 is 12.3. The Bertz CT molecular complexity index is 1480. The van der Waals surface area contributed by atoms with Crippen LogP contribution in [-0.4, -0.2) is 37.2 Å². The van der Waals surface area contributed by atoms with Crippen molar-refractivity contribution in [1.29, 1.82) is 0 Å². The first kappa shape index (κ1) is 21.8. The molecule has 0 aliphatic carbocycles. The number of methoxy groups -OCH3 is 1. The van der Waals surface area contributed by atoms with E-state index in [0.29, 0.717) is 29.8 Å². The fraction of sp³-hybridized carbons (Fsp3) is 0.0833. The van der Waals surface area contributed by atoms with Crippen molar-refractivity contribution < 1.29 is 14.1 Å². The minimum absolute atomic E-state index is 0.135. The monoisotopic (exact) mass is 469 g/mol. The number of anilines is 1. The number of para-hydroxylation sites is 1. The Morgan fingerprint density at radius 1 is 1.00 bits per heavy atom. The molecule has 0 saturated heterocycles. The van der Waals surface area contributed by atoms with Crippen LogP contribution in [-0.2, 0) is 6.54 Å². The highest BCUT2D eigenvalue weighted by Crippen LogP contribution is 2.30. The summed E-state index contributed by atoms with van der Waals surface area (Å²) in [5.74, 6) is 1.19. The fourth-order valence-corrected chi connectivity index (χ4v) is 3.51. The molecule has 1 N–H and O–H groups in total. The summed E-state index contributed by atoms with van der Waals surface area (Å²) in [5.41, 5.74) is 3.07. The lowest BCUT2D eigenvalue weighted by Crippen LogP contribution is -2.02. The Kier molecular flexibility index (Phi) is 5.87. The smallest absolute Gasteiger partial charge is 0.298 e. The Hall–Kier alpha value is -5.06. The van der Waals surface area contributed by atoms with Crippen LogP contribution in [0.4, 0.5) is 11.4 Å². The molecule has 11 nitrogen and oxygen atoms in total. The van der Waals surface area contributed by atoms with Gasteiger partial charge in [0.05, 0.1) is 36.4 Å². The van der Waals surface area contributed by atoms with Gasteiger partial charge in [-0.25, -0.2) is 4.68 Å². The molecule has 3 aromatic carbocycles. The Morgan fingerprint density at radius 2 is 1.77 bits per heavy atom. The fourth-order valence-electron chi connectivity index (χ4n) is 3.51. The van der Waals surface area contributed by atoms with Crippen molar-refractivity contribution in [2.75, 3.05) is 12.4 Å². The van der Waals surface area contributed by atoms with Gasteiger partial charge in [0.25, 0.3) is 5.69 Å². The number of nitro groups is 1. The average Bonchev–Trinajstić information content (AvgIpc) is 3.58. The molecule has 0 aliphatic rings. The van der Waals surface area contributed by atoms with Crippen molar-refractivity contribution in [2.24, 2.45) is 0 Å². The second-order valence-electron chi connectivity index (χ2n) is 7.44. The van der Waals surface area contributed by atoms with E-state index in [1.54, 1.807) is 18.3 Å². The molecule has 35 heavy (non-hydrogen) atoms. The quantitative estimate of drug-likeness (QED) is 0.257.